The van der Waals surface area contributed by atoms with Gasteiger partial charge in [-0.25, -0.2) is 4.79 Å². The van der Waals surface area contributed by atoms with Gasteiger partial charge in [0.05, 0.1) is 31.6 Å². The van der Waals surface area contributed by atoms with Crippen molar-refractivity contribution in [2.24, 2.45) is 5.41 Å². The van der Waals surface area contributed by atoms with Crippen molar-refractivity contribution in [3.63, 3.8) is 0 Å². The van der Waals surface area contributed by atoms with Crippen LogP contribution in [0.2, 0.25) is 0 Å². The molecule has 166 valence electrons. The van der Waals surface area contributed by atoms with Gasteiger partial charge in [0.25, 0.3) is 5.56 Å². The number of carboxylic acid groups (broad SMARTS) is 1. The van der Waals surface area contributed by atoms with Crippen molar-refractivity contribution >= 4 is 22.7 Å². The summed E-state index contributed by atoms with van der Waals surface area (Å²) in [6.07, 6.45) is 0.491. The minimum Gasteiger partial charge on any atom is -0.493 e. The molecule has 0 saturated heterocycles. The van der Waals surface area contributed by atoms with Crippen LogP contribution in [0.25, 0.3) is 10.8 Å². The lowest BCUT2D eigenvalue weighted by molar-refractivity contribution is 0.202. The van der Waals surface area contributed by atoms with Crippen molar-refractivity contribution in [2.45, 2.75) is 47.1 Å². The molecule has 30 heavy (non-hydrogen) atoms. The fraction of sp³-hybridized carbons (Fsp3) is 0.545. The molecule has 1 aromatic carbocycles. The number of aromatic nitrogens is 1. The summed E-state index contributed by atoms with van der Waals surface area (Å²) in [6.45, 7) is 8.68. The molecule has 8 nitrogen and oxygen atoms in total. The van der Waals surface area contributed by atoms with Gasteiger partial charge in [0.15, 0.2) is 23.1 Å². The molecule has 0 atom stereocenters. The van der Waals surface area contributed by atoms with E-state index in [4.69, 9.17) is 14.2 Å². The largest absolute Gasteiger partial charge is 0.493 e. The van der Waals surface area contributed by atoms with Crippen LogP contribution < -0.4 is 24.7 Å². The molecule has 0 unspecified atom stereocenters. The quantitative estimate of drug-likeness (QED) is 0.638. The summed E-state index contributed by atoms with van der Waals surface area (Å²) in [5.41, 5.74) is -0.588. The second-order valence-corrected chi connectivity index (χ2v) is 8.37. The van der Waals surface area contributed by atoms with Crippen molar-refractivity contribution in [2.75, 3.05) is 32.8 Å². The summed E-state index contributed by atoms with van der Waals surface area (Å²) in [4.78, 5) is 26.4. The standard InChI is InChI=1S/C22H32N2O6/c1-8-9-12-30-18-16-14(10-11-15(28-6)17(16)29-7)20(25)24(13-22(2,3)4)19(18)23(5)21(26)27/h10-11H,8-9,12-13H2,1-7H3,(H,26,27). The predicted molar refractivity (Wildman–Crippen MR) is 118 cm³/mol. The van der Waals surface area contributed by atoms with Crippen molar-refractivity contribution in [3.8, 4) is 17.2 Å². The van der Waals surface area contributed by atoms with E-state index in [2.05, 4.69) is 0 Å². The van der Waals surface area contributed by atoms with E-state index in [1.807, 2.05) is 27.7 Å². The van der Waals surface area contributed by atoms with E-state index in [9.17, 15) is 14.7 Å². The van der Waals surface area contributed by atoms with Crippen molar-refractivity contribution in [3.05, 3.63) is 22.5 Å². The average Bonchev–Trinajstić information content (AvgIpc) is 2.68. The van der Waals surface area contributed by atoms with Crippen LogP contribution in [-0.4, -0.2) is 43.6 Å². The monoisotopic (exact) mass is 420 g/mol. The van der Waals surface area contributed by atoms with Crippen LogP contribution in [0, 0.1) is 5.41 Å². The average molecular weight is 421 g/mol. The number of amides is 1. The first-order valence-corrected chi connectivity index (χ1v) is 9.98. The molecule has 0 spiro atoms. The highest BCUT2D eigenvalue weighted by atomic mass is 16.5. The zero-order valence-electron chi connectivity index (χ0n) is 18.9. The number of hydrogen-bond donors (Lipinski definition) is 1. The molecule has 2 rings (SSSR count). The number of carbonyl (C=O) groups is 1. The van der Waals surface area contributed by atoms with Crippen molar-refractivity contribution < 1.29 is 24.1 Å². The number of nitrogens with zero attached hydrogens (tertiary/aromatic N) is 2. The Morgan fingerprint density at radius 2 is 1.83 bits per heavy atom. The zero-order chi connectivity index (χ0) is 22.6. The van der Waals surface area contributed by atoms with E-state index >= 15 is 0 Å². The van der Waals surface area contributed by atoms with E-state index < -0.39 is 6.09 Å². The molecule has 0 bridgehead atoms. The number of fused-ring (bicyclic) bond motifs is 1. The molecular weight excluding hydrogens is 388 g/mol. The van der Waals surface area contributed by atoms with Crippen LogP contribution in [0.3, 0.4) is 0 Å². The second kappa shape index (κ2) is 9.28. The Bertz CT molecular complexity index is 974. The van der Waals surface area contributed by atoms with Gasteiger partial charge >= 0.3 is 6.09 Å². The summed E-state index contributed by atoms with van der Waals surface area (Å²) < 4.78 is 18.6. The van der Waals surface area contributed by atoms with E-state index in [1.165, 1.54) is 25.8 Å². The topological polar surface area (TPSA) is 90.2 Å². The summed E-state index contributed by atoms with van der Waals surface area (Å²) in [5, 5.41) is 10.5. The second-order valence-electron chi connectivity index (χ2n) is 8.37. The number of hydrogen-bond acceptors (Lipinski definition) is 5. The molecular formula is C22H32N2O6. The lowest BCUT2D eigenvalue weighted by Crippen LogP contribution is -2.35. The van der Waals surface area contributed by atoms with Gasteiger partial charge < -0.3 is 19.3 Å². The molecule has 0 aliphatic carbocycles. The molecule has 0 saturated carbocycles. The number of benzene rings is 1. The summed E-state index contributed by atoms with van der Waals surface area (Å²) in [7, 11) is 4.39. The smallest absolute Gasteiger partial charge is 0.412 e. The van der Waals surface area contributed by atoms with Gasteiger partial charge in [-0.3, -0.25) is 14.3 Å². The maximum atomic E-state index is 13.5. The van der Waals surface area contributed by atoms with Gasteiger partial charge in [-0.2, -0.15) is 0 Å². The Morgan fingerprint density at radius 3 is 2.33 bits per heavy atom. The van der Waals surface area contributed by atoms with Crippen LogP contribution in [0.1, 0.15) is 40.5 Å². The number of pyridine rings is 1. The van der Waals surface area contributed by atoms with Gasteiger partial charge in [-0.1, -0.05) is 34.1 Å². The van der Waals surface area contributed by atoms with Gasteiger partial charge in [0, 0.05) is 13.6 Å². The zero-order valence-corrected chi connectivity index (χ0v) is 18.9. The molecule has 0 aliphatic heterocycles. The molecule has 1 N–H and O–H groups in total. The number of unbranched alkanes of at least 4 members (excludes halogenated alkanes) is 1. The minimum absolute atomic E-state index is 0.178. The van der Waals surface area contributed by atoms with Crippen LogP contribution in [0.5, 0.6) is 17.2 Å². The Morgan fingerprint density at radius 1 is 1.17 bits per heavy atom. The number of rotatable bonds is 8. The SMILES string of the molecule is CCCCOc1c(N(C)C(=O)O)n(CC(C)(C)C)c(=O)c2ccc(OC)c(OC)c12. The van der Waals surface area contributed by atoms with Crippen LogP contribution in [0.4, 0.5) is 10.6 Å². The predicted octanol–water partition coefficient (Wildman–Crippen LogP) is 4.36. The van der Waals surface area contributed by atoms with Crippen LogP contribution in [-0.2, 0) is 6.54 Å². The molecule has 0 radical (unpaired) electrons. The Kier molecular flexibility index (Phi) is 7.23. The minimum atomic E-state index is -1.20. The maximum absolute atomic E-state index is 13.5. The van der Waals surface area contributed by atoms with E-state index in [0.29, 0.717) is 41.2 Å². The molecule has 1 amide bonds. The number of ether oxygens (including phenoxy) is 3. The highest BCUT2D eigenvalue weighted by Gasteiger charge is 2.29. The third kappa shape index (κ3) is 4.63. The van der Waals surface area contributed by atoms with Gasteiger partial charge in [0.1, 0.15) is 0 Å². The molecule has 8 heteroatoms. The lowest BCUT2D eigenvalue weighted by Gasteiger charge is -2.28. The van der Waals surface area contributed by atoms with Crippen molar-refractivity contribution in [1.82, 2.24) is 4.57 Å². The Labute approximate surface area is 177 Å². The number of methoxy groups -OCH3 is 2. The summed E-state index contributed by atoms with van der Waals surface area (Å²) in [5.74, 6) is 1.24. The summed E-state index contributed by atoms with van der Waals surface area (Å²) in [6, 6.07) is 3.33. The molecule has 0 aliphatic rings. The fourth-order valence-corrected chi connectivity index (χ4v) is 3.31. The van der Waals surface area contributed by atoms with E-state index in [0.717, 1.165) is 17.7 Å². The molecule has 2 aromatic rings. The van der Waals surface area contributed by atoms with Gasteiger partial charge in [-0.15, -0.1) is 0 Å². The maximum Gasteiger partial charge on any atom is 0.412 e. The first-order valence-electron chi connectivity index (χ1n) is 9.98. The van der Waals surface area contributed by atoms with Crippen LogP contribution in [0.15, 0.2) is 16.9 Å². The van der Waals surface area contributed by atoms with Crippen LogP contribution >= 0.6 is 0 Å². The first kappa shape index (κ1) is 23.4. The van der Waals surface area contributed by atoms with Gasteiger partial charge in [0.2, 0.25) is 0 Å². The molecule has 1 aromatic heterocycles. The number of anilines is 1. The van der Waals surface area contributed by atoms with E-state index in [1.54, 1.807) is 12.1 Å². The Hall–Kier alpha value is -2.90. The lowest BCUT2D eigenvalue weighted by atomic mass is 9.96. The first-order chi connectivity index (χ1) is 14.1. The highest BCUT2D eigenvalue weighted by molar-refractivity contribution is 6.01. The van der Waals surface area contributed by atoms with E-state index in [-0.39, 0.29) is 16.8 Å². The third-order valence-electron chi connectivity index (χ3n) is 4.69. The highest BCUT2D eigenvalue weighted by Crippen LogP contribution is 2.44. The Balaban J connectivity index is 3.05. The van der Waals surface area contributed by atoms with Gasteiger partial charge in [-0.05, 0) is 24.0 Å². The normalized spacial score (nSPS) is 11.4. The van der Waals surface area contributed by atoms with Crippen molar-refractivity contribution in [1.29, 1.82) is 0 Å². The summed E-state index contributed by atoms with van der Waals surface area (Å²) >= 11 is 0. The molecule has 1 heterocycles. The fourth-order valence-electron chi connectivity index (χ4n) is 3.31. The molecule has 0 fully saturated rings. The third-order valence-corrected chi connectivity index (χ3v) is 4.69.